The smallest absolute Gasteiger partial charge is 0.159 e. The van der Waals surface area contributed by atoms with E-state index >= 15 is 0 Å². The van der Waals surface area contributed by atoms with Gasteiger partial charge in [-0.15, -0.1) is 0 Å². The second kappa shape index (κ2) is 7.01. The van der Waals surface area contributed by atoms with Gasteiger partial charge in [0.05, 0.1) is 6.61 Å². The van der Waals surface area contributed by atoms with Gasteiger partial charge in [-0.1, -0.05) is 0 Å². The number of ether oxygens (including phenoxy) is 2. The molecule has 0 aliphatic rings. The van der Waals surface area contributed by atoms with Crippen molar-refractivity contribution < 1.29 is 14.3 Å². The van der Waals surface area contributed by atoms with E-state index < -0.39 is 0 Å². The molecule has 3 heteroatoms. The molecule has 0 atom stereocenters. The van der Waals surface area contributed by atoms with E-state index in [0.717, 1.165) is 25.2 Å². The van der Waals surface area contributed by atoms with Crippen molar-refractivity contribution >= 4 is 5.78 Å². The zero-order valence-electron chi connectivity index (χ0n) is 9.86. The fourth-order valence-corrected chi connectivity index (χ4v) is 1.32. The minimum atomic E-state index is 0.0756. The molecule has 1 aromatic rings. The summed E-state index contributed by atoms with van der Waals surface area (Å²) >= 11 is 0. The van der Waals surface area contributed by atoms with Crippen molar-refractivity contribution in [3.8, 4) is 5.75 Å². The van der Waals surface area contributed by atoms with E-state index in [9.17, 15) is 4.79 Å². The highest BCUT2D eigenvalue weighted by atomic mass is 16.5. The number of hydrogen-bond acceptors (Lipinski definition) is 3. The summed E-state index contributed by atoms with van der Waals surface area (Å²) in [5.74, 6) is 0.883. The highest BCUT2D eigenvalue weighted by Crippen LogP contribution is 2.12. The number of ketones is 1. The van der Waals surface area contributed by atoms with Crippen molar-refractivity contribution in [2.75, 3.05) is 20.3 Å². The van der Waals surface area contributed by atoms with Crippen molar-refractivity contribution in [2.24, 2.45) is 0 Å². The highest BCUT2D eigenvalue weighted by molar-refractivity contribution is 5.94. The molecule has 1 aromatic carbocycles. The van der Waals surface area contributed by atoms with Crippen LogP contribution in [-0.2, 0) is 4.74 Å². The third-order valence-electron chi connectivity index (χ3n) is 2.27. The van der Waals surface area contributed by atoms with Crippen LogP contribution >= 0.6 is 0 Å². The number of hydrogen-bond donors (Lipinski definition) is 0. The molecule has 0 aliphatic carbocycles. The molecule has 1 rings (SSSR count). The Kier molecular flexibility index (Phi) is 5.57. The van der Waals surface area contributed by atoms with Crippen molar-refractivity contribution in [1.29, 1.82) is 0 Å². The maximum Gasteiger partial charge on any atom is 0.159 e. The molecule has 0 amide bonds. The predicted octanol–water partition coefficient (Wildman–Crippen LogP) is 2.69. The summed E-state index contributed by atoms with van der Waals surface area (Å²) in [6.07, 6.45) is 1.98. The van der Waals surface area contributed by atoms with Crippen LogP contribution in [0.25, 0.3) is 0 Å². The molecule has 0 fully saturated rings. The molecule has 0 spiro atoms. The molecular weight excluding hydrogens is 204 g/mol. The number of benzene rings is 1. The Labute approximate surface area is 96.4 Å². The monoisotopic (exact) mass is 222 g/mol. The Morgan fingerprint density at radius 1 is 1.12 bits per heavy atom. The van der Waals surface area contributed by atoms with Crippen LogP contribution < -0.4 is 4.74 Å². The maximum atomic E-state index is 11.0. The van der Waals surface area contributed by atoms with Crippen molar-refractivity contribution in [2.45, 2.75) is 19.8 Å². The standard InChI is InChI=1S/C13H18O3/c1-11(14)12-5-7-13(8-6-12)16-10-4-3-9-15-2/h5-8H,3-4,9-10H2,1-2H3. The van der Waals surface area contributed by atoms with E-state index in [-0.39, 0.29) is 5.78 Å². The van der Waals surface area contributed by atoms with Gasteiger partial charge in [0.15, 0.2) is 5.78 Å². The van der Waals surface area contributed by atoms with Gasteiger partial charge < -0.3 is 9.47 Å². The molecule has 0 heterocycles. The Balaban J connectivity index is 2.29. The summed E-state index contributed by atoms with van der Waals surface area (Å²) in [7, 11) is 1.70. The van der Waals surface area contributed by atoms with E-state index in [4.69, 9.17) is 9.47 Å². The first-order valence-electron chi connectivity index (χ1n) is 5.47. The molecule has 0 aliphatic heterocycles. The predicted molar refractivity (Wildman–Crippen MR) is 63.1 cm³/mol. The molecular formula is C13H18O3. The van der Waals surface area contributed by atoms with Crippen LogP contribution in [0.5, 0.6) is 5.75 Å². The lowest BCUT2D eigenvalue weighted by molar-refractivity contribution is 0.101. The molecule has 88 valence electrons. The van der Waals surface area contributed by atoms with Gasteiger partial charge in [-0.3, -0.25) is 4.79 Å². The third kappa shape index (κ3) is 4.45. The van der Waals surface area contributed by atoms with Crippen LogP contribution in [0.15, 0.2) is 24.3 Å². The molecule has 0 saturated carbocycles. The zero-order valence-corrected chi connectivity index (χ0v) is 9.86. The lowest BCUT2D eigenvalue weighted by atomic mass is 10.1. The number of carbonyl (C=O) groups is 1. The van der Waals surface area contributed by atoms with Crippen molar-refractivity contribution in [1.82, 2.24) is 0 Å². The van der Waals surface area contributed by atoms with E-state index in [0.29, 0.717) is 12.2 Å². The van der Waals surface area contributed by atoms with Gasteiger partial charge in [-0.05, 0) is 44.0 Å². The zero-order chi connectivity index (χ0) is 11.8. The van der Waals surface area contributed by atoms with E-state index in [2.05, 4.69) is 0 Å². The molecule has 16 heavy (non-hydrogen) atoms. The molecule has 0 saturated heterocycles. The number of carbonyl (C=O) groups excluding carboxylic acids is 1. The lowest BCUT2D eigenvalue weighted by Crippen LogP contribution is -2.00. The Morgan fingerprint density at radius 2 is 1.75 bits per heavy atom. The molecule has 0 radical (unpaired) electrons. The van der Waals surface area contributed by atoms with Crippen molar-refractivity contribution in [3.05, 3.63) is 29.8 Å². The van der Waals surface area contributed by atoms with Gasteiger partial charge >= 0.3 is 0 Å². The van der Waals surface area contributed by atoms with Crippen LogP contribution in [0.4, 0.5) is 0 Å². The summed E-state index contributed by atoms with van der Waals surface area (Å²) in [6.45, 7) is 3.01. The third-order valence-corrected chi connectivity index (χ3v) is 2.27. The fourth-order valence-electron chi connectivity index (χ4n) is 1.32. The number of Topliss-reactive ketones (excluding diaryl/α,β-unsaturated/α-hetero) is 1. The van der Waals surface area contributed by atoms with Crippen LogP contribution in [-0.4, -0.2) is 26.1 Å². The van der Waals surface area contributed by atoms with Gasteiger partial charge in [0.25, 0.3) is 0 Å². The first kappa shape index (κ1) is 12.7. The summed E-state index contributed by atoms with van der Waals surface area (Å²) in [5.41, 5.74) is 0.715. The number of rotatable bonds is 7. The summed E-state index contributed by atoms with van der Waals surface area (Å²) in [5, 5.41) is 0. The topological polar surface area (TPSA) is 35.5 Å². The molecule has 0 aromatic heterocycles. The van der Waals surface area contributed by atoms with Gasteiger partial charge in [-0.2, -0.15) is 0 Å². The van der Waals surface area contributed by atoms with Gasteiger partial charge in [0, 0.05) is 19.3 Å². The largest absolute Gasteiger partial charge is 0.494 e. The second-order valence-electron chi connectivity index (χ2n) is 3.63. The lowest BCUT2D eigenvalue weighted by Gasteiger charge is -2.06. The van der Waals surface area contributed by atoms with Crippen LogP contribution in [0.3, 0.4) is 0 Å². The van der Waals surface area contributed by atoms with Crippen LogP contribution in [0.1, 0.15) is 30.1 Å². The SMILES string of the molecule is COCCCCOc1ccc(C(C)=O)cc1. The van der Waals surface area contributed by atoms with Crippen LogP contribution in [0, 0.1) is 0 Å². The average Bonchev–Trinajstić information content (AvgIpc) is 2.29. The normalized spacial score (nSPS) is 10.1. The first-order valence-corrected chi connectivity index (χ1v) is 5.47. The Morgan fingerprint density at radius 3 is 2.31 bits per heavy atom. The average molecular weight is 222 g/mol. The second-order valence-corrected chi connectivity index (χ2v) is 3.63. The molecule has 3 nitrogen and oxygen atoms in total. The number of methoxy groups -OCH3 is 1. The summed E-state index contributed by atoms with van der Waals surface area (Å²) < 4.78 is 10.5. The maximum absolute atomic E-state index is 11.0. The summed E-state index contributed by atoms with van der Waals surface area (Å²) in [6, 6.07) is 7.22. The minimum absolute atomic E-state index is 0.0756. The van der Waals surface area contributed by atoms with Crippen LogP contribution in [0.2, 0.25) is 0 Å². The van der Waals surface area contributed by atoms with Crippen molar-refractivity contribution in [3.63, 3.8) is 0 Å². The van der Waals surface area contributed by atoms with Gasteiger partial charge in [0.2, 0.25) is 0 Å². The molecule has 0 N–H and O–H groups in total. The fraction of sp³-hybridized carbons (Fsp3) is 0.462. The minimum Gasteiger partial charge on any atom is -0.494 e. The first-order chi connectivity index (χ1) is 7.74. The Bertz CT molecular complexity index is 316. The highest BCUT2D eigenvalue weighted by Gasteiger charge is 1.99. The Hall–Kier alpha value is -1.35. The van der Waals surface area contributed by atoms with E-state index in [1.165, 1.54) is 0 Å². The van der Waals surface area contributed by atoms with Gasteiger partial charge in [-0.25, -0.2) is 0 Å². The van der Waals surface area contributed by atoms with E-state index in [1.54, 1.807) is 26.2 Å². The number of unbranched alkanes of at least 4 members (excludes halogenated alkanes) is 1. The quantitative estimate of drug-likeness (QED) is 0.525. The molecule has 0 unspecified atom stereocenters. The summed E-state index contributed by atoms with van der Waals surface area (Å²) in [4.78, 5) is 11.0. The van der Waals surface area contributed by atoms with E-state index in [1.807, 2.05) is 12.1 Å². The van der Waals surface area contributed by atoms with Gasteiger partial charge in [0.1, 0.15) is 5.75 Å². The molecule has 0 bridgehead atoms.